The van der Waals surface area contributed by atoms with E-state index in [0.717, 1.165) is 11.8 Å². The number of fused-ring (bicyclic) bond motifs is 1. The Morgan fingerprint density at radius 3 is 2.80 bits per heavy atom. The van der Waals surface area contributed by atoms with Gasteiger partial charge in [-0.2, -0.15) is 0 Å². The molecule has 2 atom stereocenters. The predicted octanol–water partition coefficient (Wildman–Crippen LogP) is 2.92. The van der Waals surface area contributed by atoms with Gasteiger partial charge in [-0.25, -0.2) is 0 Å². The molecule has 2 rings (SSSR count). The topological polar surface area (TPSA) is 0 Å². The molecule has 2 unspecified atom stereocenters. The summed E-state index contributed by atoms with van der Waals surface area (Å²) in [6.07, 6.45) is 6.50. The first kappa shape index (κ1) is 6.21. The van der Waals surface area contributed by atoms with Crippen LogP contribution in [0, 0.1) is 11.8 Å². The van der Waals surface area contributed by atoms with Crippen molar-refractivity contribution in [1.82, 2.24) is 0 Å². The molecule has 0 heteroatoms. The summed E-state index contributed by atoms with van der Waals surface area (Å²) in [5.74, 6) is 1.72. The van der Waals surface area contributed by atoms with Gasteiger partial charge in [-0.15, -0.1) is 0 Å². The molecule has 0 aromatic rings. The third kappa shape index (κ3) is 0.681. The highest BCUT2D eigenvalue weighted by Gasteiger charge is 2.33. The zero-order chi connectivity index (χ0) is 7.14. The van der Waals surface area contributed by atoms with Crippen molar-refractivity contribution in [2.45, 2.75) is 26.2 Å². The standard InChI is InChI=1S/C10H14/c1-7-6-8(2)10-5-3-4-9(7)10/h6,9-10H,1,3-5H2,2H3. The zero-order valence-electron chi connectivity index (χ0n) is 6.56. The smallest absolute Gasteiger partial charge is 0.0102 e. The van der Waals surface area contributed by atoms with Crippen LogP contribution in [0.1, 0.15) is 26.2 Å². The summed E-state index contributed by atoms with van der Waals surface area (Å²) >= 11 is 0. The molecule has 0 aromatic carbocycles. The fourth-order valence-electron chi connectivity index (χ4n) is 2.46. The first-order valence-electron chi connectivity index (χ1n) is 4.16. The fourth-order valence-corrected chi connectivity index (χ4v) is 2.46. The van der Waals surface area contributed by atoms with E-state index in [1.807, 2.05) is 0 Å². The molecule has 2 aliphatic rings. The van der Waals surface area contributed by atoms with Crippen LogP contribution >= 0.6 is 0 Å². The second-order valence-electron chi connectivity index (χ2n) is 3.61. The van der Waals surface area contributed by atoms with Gasteiger partial charge in [0.25, 0.3) is 0 Å². The maximum absolute atomic E-state index is 4.07. The van der Waals surface area contributed by atoms with E-state index in [9.17, 15) is 0 Å². The number of allylic oxidation sites excluding steroid dienone is 3. The molecule has 1 fully saturated rings. The van der Waals surface area contributed by atoms with E-state index in [1.54, 1.807) is 5.57 Å². The van der Waals surface area contributed by atoms with Crippen molar-refractivity contribution in [2.75, 3.05) is 0 Å². The van der Waals surface area contributed by atoms with Gasteiger partial charge in [0.15, 0.2) is 0 Å². The van der Waals surface area contributed by atoms with Crippen molar-refractivity contribution in [2.24, 2.45) is 11.8 Å². The van der Waals surface area contributed by atoms with Gasteiger partial charge in [0.05, 0.1) is 0 Å². The SMILES string of the molecule is C=C1C=C(C)C2CCCC12. The summed E-state index contributed by atoms with van der Waals surface area (Å²) in [5.41, 5.74) is 2.97. The summed E-state index contributed by atoms with van der Waals surface area (Å²) in [6.45, 7) is 6.32. The number of hydrogen-bond donors (Lipinski definition) is 0. The second-order valence-corrected chi connectivity index (χ2v) is 3.61. The molecule has 2 aliphatic carbocycles. The van der Waals surface area contributed by atoms with Crippen molar-refractivity contribution in [3.63, 3.8) is 0 Å². The van der Waals surface area contributed by atoms with Gasteiger partial charge in [-0.3, -0.25) is 0 Å². The van der Waals surface area contributed by atoms with E-state index >= 15 is 0 Å². The normalized spacial score (nSPS) is 38.1. The Morgan fingerprint density at radius 1 is 1.40 bits per heavy atom. The molecule has 1 saturated carbocycles. The van der Waals surface area contributed by atoms with E-state index in [-0.39, 0.29) is 0 Å². The summed E-state index contributed by atoms with van der Waals surface area (Å²) in [7, 11) is 0. The van der Waals surface area contributed by atoms with Crippen LogP contribution in [0.3, 0.4) is 0 Å². The molecule has 0 amide bonds. The minimum absolute atomic E-state index is 0.833. The van der Waals surface area contributed by atoms with Crippen LogP contribution in [0.5, 0.6) is 0 Å². The Bertz CT molecular complexity index is 198. The molecule has 0 nitrogen and oxygen atoms in total. The highest BCUT2D eigenvalue weighted by molar-refractivity contribution is 5.34. The quantitative estimate of drug-likeness (QED) is 0.478. The first-order valence-corrected chi connectivity index (χ1v) is 4.16. The Kier molecular flexibility index (Phi) is 1.23. The van der Waals surface area contributed by atoms with Crippen LogP contribution in [0.2, 0.25) is 0 Å². The van der Waals surface area contributed by atoms with Crippen LogP contribution in [-0.4, -0.2) is 0 Å². The van der Waals surface area contributed by atoms with Crippen molar-refractivity contribution >= 4 is 0 Å². The van der Waals surface area contributed by atoms with Crippen molar-refractivity contribution in [3.8, 4) is 0 Å². The van der Waals surface area contributed by atoms with Gasteiger partial charge in [-0.05, 0) is 31.6 Å². The molecule has 0 saturated heterocycles. The molecule has 0 bridgehead atoms. The van der Waals surface area contributed by atoms with Crippen molar-refractivity contribution in [1.29, 1.82) is 0 Å². The molecule has 0 aliphatic heterocycles. The fraction of sp³-hybridized carbons (Fsp3) is 0.600. The van der Waals surface area contributed by atoms with Crippen LogP contribution in [0.15, 0.2) is 23.8 Å². The highest BCUT2D eigenvalue weighted by Crippen LogP contribution is 2.45. The lowest BCUT2D eigenvalue weighted by atomic mass is 9.94. The maximum atomic E-state index is 4.07. The van der Waals surface area contributed by atoms with Gasteiger partial charge >= 0.3 is 0 Å². The lowest BCUT2D eigenvalue weighted by molar-refractivity contribution is 0.542. The summed E-state index contributed by atoms with van der Waals surface area (Å²) in [4.78, 5) is 0. The molecular weight excluding hydrogens is 120 g/mol. The van der Waals surface area contributed by atoms with Gasteiger partial charge < -0.3 is 0 Å². The summed E-state index contributed by atoms with van der Waals surface area (Å²) in [5, 5.41) is 0. The van der Waals surface area contributed by atoms with Crippen LogP contribution < -0.4 is 0 Å². The Morgan fingerprint density at radius 2 is 2.10 bits per heavy atom. The predicted molar refractivity (Wildman–Crippen MR) is 43.7 cm³/mol. The molecule has 10 heavy (non-hydrogen) atoms. The van der Waals surface area contributed by atoms with Crippen LogP contribution in [0.25, 0.3) is 0 Å². The largest absolute Gasteiger partial charge is 0.0955 e. The highest BCUT2D eigenvalue weighted by atomic mass is 14.4. The summed E-state index contributed by atoms with van der Waals surface area (Å²) in [6, 6.07) is 0. The monoisotopic (exact) mass is 134 g/mol. The molecular formula is C10H14. The molecule has 0 N–H and O–H groups in total. The zero-order valence-corrected chi connectivity index (χ0v) is 6.56. The Labute approximate surface area is 62.6 Å². The number of rotatable bonds is 0. The Balaban J connectivity index is 2.29. The number of hydrogen-bond acceptors (Lipinski definition) is 0. The van der Waals surface area contributed by atoms with Crippen LogP contribution in [-0.2, 0) is 0 Å². The average molecular weight is 134 g/mol. The van der Waals surface area contributed by atoms with E-state index < -0.39 is 0 Å². The second kappa shape index (κ2) is 1.98. The van der Waals surface area contributed by atoms with E-state index in [0.29, 0.717) is 0 Å². The Hall–Kier alpha value is -0.520. The molecule has 0 spiro atoms. The molecule has 0 radical (unpaired) electrons. The van der Waals surface area contributed by atoms with Crippen molar-refractivity contribution in [3.05, 3.63) is 23.8 Å². The maximum Gasteiger partial charge on any atom is -0.0102 e. The van der Waals surface area contributed by atoms with E-state index in [2.05, 4.69) is 19.6 Å². The van der Waals surface area contributed by atoms with Gasteiger partial charge in [0.1, 0.15) is 0 Å². The third-order valence-corrected chi connectivity index (χ3v) is 2.99. The van der Waals surface area contributed by atoms with Gasteiger partial charge in [-0.1, -0.05) is 30.2 Å². The van der Waals surface area contributed by atoms with Crippen molar-refractivity contribution < 1.29 is 0 Å². The van der Waals surface area contributed by atoms with E-state index in [1.165, 1.54) is 24.8 Å². The molecule has 0 aromatic heterocycles. The minimum atomic E-state index is 0.833. The van der Waals surface area contributed by atoms with Crippen LogP contribution in [0.4, 0.5) is 0 Å². The first-order chi connectivity index (χ1) is 4.79. The minimum Gasteiger partial charge on any atom is -0.0955 e. The van der Waals surface area contributed by atoms with Gasteiger partial charge in [0.2, 0.25) is 0 Å². The molecule has 54 valence electrons. The average Bonchev–Trinajstić information content (AvgIpc) is 2.39. The van der Waals surface area contributed by atoms with Gasteiger partial charge in [0, 0.05) is 0 Å². The lowest BCUT2D eigenvalue weighted by Gasteiger charge is -2.10. The lowest BCUT2D eigenvalue weighted by Crippen LogP contribution is -2.02. The third-order valence-electron chi connectivity index (χ3n) is 2.99. The summed E-state index contributed by atoms with van der Waals surface area (Å²) < 4.78 is 0. The van der Waals surface area contributed by atoms with E-state index in [4.69, 9.17) is 0 Å². The molecule has 0 heterocycles.